The van der Waals surface area contributed by atoms with Crippen LogP contribution in [0.15, 0.2) is 42.7 Å². The lowest BCUT2D eigenvalue weighted by Crippen LogP contribution is -2.03. The van der Waals surface area contributed by atoms with Crippen LogP contribution in [-0.4, -0.2) is 24.0 Å². The summed E-state index contributed by atoms with van der Waals surface area (Å²) in [7, 11) is 0. The Balaban J connectivity index is 2.19. The first kappa shape index (κ1) is 14.1. The SMILES string of the molecule is CCOc1ccc(C(=O)c2cncc(OCC)c2)cc1. The van der Waals surface area contributed by atoms with Crippen molar-refractivity contribution < 1.29 is 14.3 Å². The van der Waals surface area contributed by atoms with Crippen molar-refractivity contribution in [1.82, 2.24) is 4.98 Å². The van der Waals surface area contributed by atoms with Crippen molar-refractivity contribution >= 4 is 5.78 Å². The molecule has 0 saturated carbocycles. The number of pyridine rings is 1. The van der Waals surface area contributed by atoms with Crippen LogP contribution in [-0.2, 0) is 0 Å². The first-order chi connectivity index (χ1) is 9.74. The first-order valence-electron chi connectivity index (χ1n) is 6.60. The average molecular weight is 271 g/mol. The van der Waals surface area contributed by atoms with Gasteiger partial charge in [-0.3, -0.25) is 9.78 Å². The van der Waals surface area contributed by atoms with Crippen LogP contribution in [0.5, 0.6) is 11.5 Å². The zero-order valence-corrected chi connectivity index (χ0v) is 11.6. The molecule has 0 aliphatic heterocycles. The van der Waals surface area contributed by atoms with E-state index in [0.29, 0.717) is 30.1 Å². The standard InChI is InChI=1S/C16H17NO3/c1-3-19-14-7-5-12(6-8-14)16(18)13-9-15(20-4-2)11-17-10-13/h5-11H,3-4H2,1-2H3. The summed E-state index contributed by atoms with van der Waals surface area (Å²) >= 11 is 0. The van der Waals surface area contributed by atoms with E-state index in [4.69, 9.17) is 9.47 Å². The maximum absolute atomic E-state index is 12.3. The van der Waals surface area contributed by atoms with Crippen LogP contribution >= 0.6 is 0 Å². The van der Waals surface area contributed by atoms with Gasteiger partial charge in [0.2, 0.25) is 0 Å². The summed E-state index contributed by atoms with van der Waals surface area (Å²) in [4.78, 5) is 16.4. The predicted octanol–water partition coefficient (Wildman–Crippen LogP) is 3.11. The van der Waals surface area contributed by atoms with E-state index in [9.17, 15) is 4.79 Å². The first-order valence-corrected chi connectivity index (χ1v) is 6.60. The number of rotatable bonds is 6. The van der Waals surface area contributed by atoms with Gasteiger partial charge in [-0.05, 0) is 44.2 Å². The molecule has 2 rings (SSSR count). The van der Waals surface area contributed by atoms with Gasteiger partial charge in [0.1, 0.15) is 11.5 Å². The van der Waals surface area contributed by atoms with Crippen molar-refractivity contribution in [2.45, 2.75) is 13.8 Å². The molecular weight excluding hydrogens is 254 g/mol. The van der Waals surface area contributed by atoms with E-state index < -0.39 is 0 Å². The Morgan fingerprint density at radius 2 is 1.60 bits per heavy atom. The summed E-state index contributed by atoms with van der Waals surface area (Å²) < 4.78 is 10.7. The molecule has 2 aromatic rings. The fourth-order valence-corrected chi connectivity index (χ4v) is 1.82. The summed E-state index contributed by atoms with van der Waals surface area (Å²) in [6.45, 7) is 4.96. The van der Waals surface area contributed by atoms with E-state index in [1.54, 1.807) is 42.7 Å². The Morgan fingerprint density at radius 3 is 2.25 bits per heavy atom. The lowest BCUT2D eigenvalue weighted by Gasteiger charge is -2.06. The smallest absolute Gasteiger partial charge is 0.194 e. The Bertz CT molecular complexity index is 579. The molecule has 0 aliphatic rings. The molecule has 0 bridgehead atoms. The molecule has 0 aliphatic carbocycles. The summed E-state index contributed by atoms with van der Waals surface area (Å²) in [6.07, 6.45) is 3.14. The number of hydrogen-bond acceptors (Lipinski definition) is 4. The number of carbonyl (C=O) groups excluding carboxylic acids is 1. The molecule has 0 spiro atoms. The molecule has 0 fully saturated rings. The number of ketones is 1. The Kier molecular flexibility index (Phi) is 4.71. The normalized spacial score (nSPS) is 10.1. The minimum absolute atomic E-state index is 0.0814. The van der Waals surface area contributed by atoms with Crippen molar-refractivity contribution in [2.75, 3.05) is 13.2 Å². The van der Waals surface area contributed by atoms with Gasteiger partial charge in [0.15, 0.2) is 5.78 Å². The third-order valence-corrected chi connectivity index (χ3v) is 2.71. The monoisotopic (exact) mass is 271 g/mol. The van der Waals surface area contributed by atoms with Gasteiger partial charge >= 0.3 is 0 Å². The number of ether oxygens (including phenoxy) is 2. The van der Waals surface area contributed by atoms with Crippen molar-refractivity contribution in [3.05, 3.63) is 53.9 Å². The van der Waals surface area contributed by atoms with Crippen LogP contribution in [0.1, 0.15) is 29.8 Å². The second-order valence-electron chi connectivity index (χ2n) is 4.13. The highest BCUT2D eigenvalue weighted by Crippen LogP contribution is 2.17. The molecule has 0 radical (unpaired) electrons. The van der Waals surface area contributed by atoms with Crippen LogP contribution in [0.4, 0.5) is 0 Å². The van der Waals surface area contributed by atoms with E-state index in [1.165, 1.54) is 0 Å². The van der Waals surface area contributed by atoms with Gasteiger partial charge in [-0.25, -0.2) is 0 Å². The molecule has 1 heterocycles. The minimum atomic E-state index is -0.0814. The number of nitrogens with zero attached hydrogens (tertiary/aromatic N) is 1. The van der Waals surface area contributed by atoms with Gasteiger partial charge in [0.25, 0.3) is 0 Å². The fourth-order valence-electron chi connectivity index (χ4n) is 1.82. The molecule has 0 unspecified atom stereocenters. The Labute approximate surface area is 118 Å². The molecule has 0 saturated heterocycles. The summed E-state index contributed by atoms with van der Waals surface area (Å²) in [5.74, 6) is 1.27. The quantitative estimate of drug-likeness (QED) is 0.757. The molecule has 4 heteroatoms. The van der Waals surface area contributed by atoms with Gasteiger partial charge in [-0.15, -0.1) is 0 Å². The minimum Gasteiger partial charge on any atom is -0.494 e. The van der Waals surface area contributed by atoms with Gasteiger partial charge in [-0.2, -0.15) is 0 Å². The number of hydrogen-bond donors (Lipinski definition) is 0. The molecule has 0 atom stereocenters. The topological polar surface area (TPSA) is 48.4 Å². The second kappa shape index (κ2) is 6.70. The van der Waals surface area contributed by atoms with Gasteiger partial charge in [0.05, 0.1) is 19.4 Å². The molecule has 104 valence electrons. The summed E-state index contributed by atoms with van der Waals surface area (Å²) in [5, 5.41) is 0. The fraction of sp³-hybridized carbons (Fsp3) is 0.250. The van der Waals surface area contributed by atoms with Crippen LogP contribution < -0.4 is 9.47 Å². The maximum atomic E-state index is 12.3. The largest absolute Gasteiger partial charge is 0.494 e. The van der Waals surface area contributed by atoms with E-state index in [1.807, 2.05) is 13.8 Å². The van der Waals surface area contributed by atoms with Crippen LogP contribution in [0.2, 0.25) is 0 Å². The lowest BCUT2D eigenvalue weighted by molar-refractivity contribution is 0.103. The van der Waals surface area contributed by atoms with E-state index in [0.717, 1.165) is 5.75 Å². The second-order valence-corrected chi connectivity index (χ2v) is 4.13. The molecule has 20 heavy (non-hydrogen) atoms. The van der Waals surface area contributed by atoms with Crippen LogP contribution in [0, 0.1) is 0 Å². The number of benzene rings is 1. The maximum Gasteiger partial charge on any atom is 0.194 e. The van der Waals surface area contributed by atoms with Gasteiger partial charge in [0, 0.05) is 17.3 Å². The van der Waals surface area contributed by atoms with Crippen molar-refractivity contribution in [1.29, 1.82) is 0 Å². The molecule has 1 aromatic heterocycles. The van der Waals surface area contributed by atoms with Crippen molar-refractivity contribution in [3.8, 4) is 11.5 Å². The predicted molar refractivity (Wildman–Crippen MR) is 76.4 cm³/mol. The van der Waals surface area contributed by atoms with E-state index in [2.05, 4.69) is 4.98 Å². The van der Waals surface area contributed by atoms with Crippen LogP contribution in [0.25, 0.3) is 0 Å². The van der Waals surface area contributed by atoms with E-state index in [-0.39, 0.29) is 5.78 Å². The van der Waals surface area contributed by atoms with Gasteiger partial charge in [-0.1, -0.05) is 0 Å². The Morgan fingerprint density at radius 1 is 0.950 bits per heavy atom. The third kappa shape index (κ3) is 3.35. The van der Waals surface area contributed by atoms with Crippen LogP contribution in [0.3, 0.4) is 0 Å². The van der Waals surface area contributed by atoms with Crippen molar-refractivity contribution in [2.24, 2.45) is 0 Å². The molecule has 1 aromatic carbocycles. The van der Waals surface area contributed by atoms with E-state index >= 15 is 0 Å². The highest BCUT2D eigenvalue weighted by molar-refractivity contribution is 6.09. The molecule has 4 nitrogen and oxygen atoms in total. The zero-order chi connectivity index (χ0) is 14.4. The molecular formula is C16H17NO3. The van der Waals surface area contributed by atoms with Crippen molar-refractivity contribution in [3.63, 3.8) is 0 Å². The Hall–Kier alpha value is -2.36. The highest BCUT2D eigenvalue weighted by Gasteiger charge is 2.10. The summed E-state index contributed by atoms with van der Waals surface area (Å²) in [6, 6.07) is 8.78. The number of carbonyl (C=O) groups is 1. The average Bonchev–Trinajstić information content (AvgIpc) is 2.48. The highest BCUT2D eigenvalue weighted by atomic mass is 16.5. The van der Waals surface area contributed by atoms with Gasteiger partial charge < -0.3 is 9.47 Å². The summed E-state index contributed by atoms with van der Waals surface area (Å²) in [5.41, 5.74) is 1.11. The third-order valence-electron chi connectivity index (χ3n) is 2.71. The molecule has 0 amide bonds. The molecule has 0 N–H and O–H groups in total. The number of aromatic nitrogens is 1. The zero-order valence-electron chi connectivity index (χ0n) is 11.6. The lowest BCUT2D eigenvalue weighted by atomic mass is 10.0.